The molecule has 1 aliphatic rings. The van der Waals surface area contributed by atoms with Crippen LogP contribution >= 0.6 is 0 Å². The molecule has 8 heteroatoms. The van der Waals surface area contributed by atoms with Crippen LogP contribution in [0.2, 0.25) is 0 Å². The Bertz CT molecular complexity index is 931. The molecule has 0 aliphatic carbocycles. The van der Waals surface area contributed by atoms with Crippen LogP contribution in [0.3, 0.4) is 0 Å². The highest BCUT2D eigenvalue weighted by molar-refractivity contribution is 7.89. The third-order valence-electron chi connectivity index (χ3n) is 5.31. The van der Waals surface area contributed by atoms with Crippen molar-refractivity contribution in [3.05, 3.63) is 48.2 Å². The lowest BCUT2D eigenvalue weighted by Gasteiger charge is -2.36. The Kier molecular flexibility index (Phi) is 6.54. The summed E-state index contributed by atoms with van der Waals surface area (Å²) in [5.74, 6) is 0.856. The van der Waals surface area contributed by atoms with Gasteiger partial charge < -0.3 is 9.80 Å². The van der Waals surface area contributed by atoms with Gasteiger partial charge >= 0.3 is 0 Å². The van der Waals surface area contributed by atoms with Gasteiger partial charge in [0.2, 0.25) is 10.0 Å². The molecular weight excluding hydrogens is 388 g/mol. The van der Waals surface area contributed by atoms with Gasteiger partial charge in [0.15, 0.2) is 5.78 Å². The van der Waals surface area contributed by atoms with Crippen LogP contribution in [-0.4, -0.2) is 62.8 Å². The minimum absolute atomic E-state index is 0.0684. The fourth-order valence-corrected chi connectivity index (χ4v) is 4.93. The van der Waals surface area contributed by atoms with Gasteiger partial charge in [-0.2, -0.15) is 4.31 Å². The number of anilines is 2. The summed E-state index contributed by atoms with van der Waals surface area (Å²) in [6, 6.07) is 11.1. The van der Waals surface area contributed by atoms with E-state index in [2.05, 4.69) is 14.8 Å². The fourth-order valence-electron chi connectivity index (χ4n) is 3.53. The van der Waals surface area contributed by atoms with Gasteiger partial charge in [-0.25, -0.2) is 13.4 Å². The van der Waals surface area contributed by atoms with E-state index in [0.29, 0.717) is 13.1 Å². The number of nitrogens with zero attached hydrogens (tertiary/aromatic N) is 4. The van der Waals surface area contributed by atoms with E-state index >= 15 is 0 Å². The Hall–Kier alpha value is -2.45. The molecule has 0 saturated carbocycles. The zero-order chi connectivity index (χ0) is 21.0. The van der Waals surface area contributed by atoms with Gasteiger partial charge in [-0.05, 0) is 43.3 Å². The average molecular weight is 417 g/mol. The Morgan fingerprint density at radius 3 is 2.03 bits per heavy atom. The highest BCUT2D eigenvalue weighted by Gasteiger charge is 2.23. The molecule has 0 N–H and O–H groups in total. The fraction of sp³-hybridized carbons (Fsp3) is 0.429. The highest BCUT2D eigenvalue weighted by Crippen LogP contribution is 2.22. The van der Waals surface area contributed by atoms with Gasteiger partial charge in [0, 0.05) is 56.7 Å². The van der Waals surface area contributed by atoms with Crippen molar-refractivity contribution < 1.29 is 13.2 Å². The molecular formula is C21H28N4O3S. The van der Waals surface area contributed by atoms with E-state index in [1.54, 1.807) is 19.1 Å². The predicted molar refractivity (Wildman–Crippen MR) is 115 cm³/mol. The molecule has 1 aromatic carbocycles. The number of rotatable bonds is 7. The molecule has 29 heavy (non-hydrogen) atoms. The molecule has 7 nitrogen and oxygen atoms in total. The number of Topliss-reactive ketones (excluding diaryl/α,β-unsaturated/α-hetero) is 1. The summed E-state index contributed by atoms with van der Waals surface area (Å²) in [5, 5.41) is 0. The number of carbonyl (C=O) groups excluding carboxylic acids is 1. The van der Waals surface area contributed by atoms with Crippen molar-refractivity contribution >= 4 is 27.3 Å². The first-order valence-corrected chi connectivity index (χ1v) is 11.4. The highest BCUT2D eigenvalue weighted by atomic mass is 32.2. The molecule has 1 aromatic heterocycles. The Morgan fingerprint density at radius 2 is 1.55 bits per heavy atom. The van der Waals surface area contributed by atoms with Crippen LogP contribution in [0.25, 0.3) is 0 Å². The van der Waals surface area contributed by atoms with Gasteiger partial charge in [-0.3, -0.25) is 4.79 Å². The molecule has 0 amide bonds. The Labute approximate surface area is 173 Å². The quantitative estimate of drug-likeness (QED) is 0.646. The second-order valence-corrected chi connectivity index (χ2v) is 8.96. The monoisotopic (exact) mass is 416 g/mol. The summed E-state index contributed by atoms with van der Waals surface area (Å²) >= 11 is 0. The van der Waals surface area contributed by atoms with Crippen LogP contribution < -0.4 is 9.80 Å². The largest absolute Gasteiger partial charge is 0.368 e. The molecule has 2 aromatic rings. The number of ketones is 1. The number of aromatic nitrogens is 1. The number of piperazine rings is 1. The second kappa shape index (κ2) is 8.92. The van der Waals surface area contributed by atoms with E-state index in [1.807, 2.05) is 38.1 Å². The van der Waals surface area contributed by atoms with Gasteiger partial charge in [0.05, 0.1) is 0 Å². The number of hydrogen-bond donors (Lipinski definition) is 0. The molecule has 1 saturated heterocycles. The van der Waals surface area contributed by atoms with Crippen LogP contribution in [0.4, 0.5) is 11.5 Å². The summed E-state index contributed by atoms with van der Waals surface area (Å²) in [6.45, 7) is 9.37. The van der Waals surface area contributed by atoms with Crippen molar-refractivity contribution in [2.45, 2.75) is 25.7 Å². The molecule has 0 radical (unpaired) electrons. The van der Waals surface area contributed by atoms with Crippen molar-refractivity contribution in [2.75, 3.05) is 49.1 Å². The zero-order valence-electron chi connectivity index (χ0n) is 17.2. The molecule has 2 heterocycles. The molecule has 0 spiro atoms. The first kappa shape index (κ1) is 21.3. The summed E-state index contributed by atoms with van der Waals surface area (Å²) in [6.07, 6.45) is 1.45. The van der Waals surface area contributed by atoms with Gasteiger partial charge in [0.25, 0.3) is 0 Å². The molecule has 0 atom stereocenters. The third-order valence-corrected chi connectivity index (χ3v) is 7.34. The maximum absolute atomic E-state index is 12.6. The van der Waals surface area contributed by atoms with Crippen LogP contribution in [0, 0.1) is 0 Å². The number of pyridine rings is 1. The van der Waals surface area contributed by atoms with Gasteiger partial charge in [-0.1, -0.05) is 13.8 Å². The third kappa shape index (κ3) is 4.59. The van der Waals surface area contributed by atoms with Crippen molar-refractivity contribution in [2.24, 2.45) is 0 Å². The van der Waals surface area contributed by atoms with Crippen LogP contribution in [0.5, 0.6) is 0 Å². The first-order valence-electron chi connectivity index (χ1n) is 9.94. The number of benzene rings is 1. The lowest BCUT2D eigenvalue weighted by Crippen LogP contribution is -2.46. The van der Waals surface area contributed by atoms with Crippen molar-refractivity contribution in [1.82, 2.24) is 9.29 Å². The standard InChI is InChI=1S/C21H28N4O3S/c1-4-25(5-2)29(27,28)20-10-11-21(22-16-20)24-14-12-23(13-15-24)19-8-6-18(7-9-19)17(3)26/h6-11,16H,4-5,12-15H2,1-3H3. The number of hydrogen-bond acceptors (Lipinski definition) is 6. The maximum Gasteiger partial charge on any atom is 0.244 e. The lowest BCUT2D eigenvalue weighted by atomic mass is 10.1. The zero-order valence-corrected chi connectivity index (χ0v) is 18.0. The van der Waals surface area contributed by atoms with E-state index < -0.39 is 10.0 Å². The summed E-state index contributed by atoms with van der Waals surface area (Å²) < 4.78 is 26.6. The summed E-state index contributed by atoms with van der Waals surface area (Å²) in [5.41, 5.74) is 1.82. The summed E-state index contributed by atoms with van der Waals surface area (Å²) in [4.78, 5) is 20.5. The SMILES string of the molecule is CCN(CC)S(=O)(=O)c1ccc(N2CCN(c3ccc(C(C)=O)cc3)CC2)nc1. The van der Waals surface area contributed by atoms with E-state index in [0.717, 1.165) is 43.2 Å². The van der Waals surface area contributed by atoms with Crippen molar-refractivity contribution in [3.63, 3.8) is 0 Å². The van der Waals surface area contributed by atoms with Gasteiger partial charge in [-0.15, -0.1) is 0 Å². The van der Waals surface area contributed by atoms with E-state index in [9.17, 15) is 13.2 Å². The average Bonchev–Trinajstić information content (AvgIpc) is 2.75. The topological polar surface area (TPSA) is 73.8 Å². The maximum atomic E-state index is 12.6. The Morgan fingerprint density at radius 1 is 0.966 bits per heavy atom. The minimum Gasteiger partial charge on any atom is -0.368 e. The van der Waals surface area contributed by atoms with E-state index in [-0.39, 0.29) is 10.7 Å². The minimum atomic E-state index is -3.48. The van der Waals surface area contributed by atoms with E-state index in [4.69, 9.17) is 0 Å². The lowest BCUT2D eigenvalue weighted by molar-refractivity contribution is 0.101. The molecule has 1 aliphatic heterocycles. The number of sulfonamides is 1. The molecule has 3 rings (SSSR count). The molecule has 156 valence electrons. The van der Waals surface area contributed by atoms with Gasteiger partial charge in [0.1, 0.15) is 10.7 Å². The molecule has 0 bridgehead atoms. The summed E-state index contributed by atoms with van der Waals surface area (Å²) in [7, 11) is -3.48. The normalized spacial score (nSPS) is 15.0. The molecule has 0 unspecified atom stereocenters. The molecule has 1 fully saturated rings. The van der Waals surface area contributed by atoms with Crippen LogP contribution in [-0.2, 0) is 10.0 Å². The number of carbonyl (C=O) groups is 1. The Balaban J connectivity index is 1.64. The van der Waals surface area contributed by atoms with E-state index in [1.165, 1.54) is 10.5 Å². The van der Waals surface area contributed by atoms with Crippen molar-refractivity contribution in [3.8, 4) is 0 Å². The predicted octanol–water partition coefficient (Wildman–Crippen LogP) is 2.64. The second-order valence-electron chi connectivity index (χ2n) is 7.02. The van der Waals surface area contributed by atoms with Crippen LogP contribution in [0.15, 0.2) is 47.5 Å². The smallest absolute Gasteiger partial charge is 0.244 e. The van der Waals surface area contributed by atoms with Crippen molar-refractivity contribution in [1.29, 1.82) is 0 Å². The van der Waals surface area contributed by atoms with Crippen LogP contribution in [0.1, 0.15) is 31.1 Å². The first-order chi connectivity index (χ1) is 13.9.